The summed E-state index contributed by atoms with van der Waals surface area (Å²) in [4.78, 5) is 18.2. The van der Waals surface area contributed by atoms with Crippen molar-refractivity contribution in [2.24, 2.45) is 0 Å². The molecule has 2 heterocycles. The minimum absolute atomic E-state index is 0.0176. The average molecular weight is 567 g/mol. The lowest BCUT2D eigenvalue weighted by atomic mass is 10.0. The number of hydrogen-bond donors (Lipinski definition) is 0. The van der Waals surface area contributed by atoms with E-state index in [1.54, 1.807) is 12.1 Å². The molecule has 41 heavy (non-hydrogen) atoms. The fourth-order valence-electron chi connectivity index (χ4n) is 5.15. The Labute approximate surface area is 243 Å². The van der Waals surface area contributed by atoms with Gasteiger partial charge in [0.2, 0.25) is 0 Å². The van der Waals surface area contributed by atoms with Gasteiger partial charge in [-0.25, -0.2) is 14.2 Å². The van der Waals surface area contributed by atoms with Crippen LogP contribution in [-0.4, -0.2) is 45.7 Å². The number of esters is 1. The summed E-state index contributed by atoms with van der Waals surface area (Å²) in [5, 5.41) is 0. The molecule has 1 saturated heterocycles. The van der Waals surface area contributed by atoms with Crippen LogP contribution in [0.15, 0.2) is 54.6 Å². The van der Waals surface area contributed by atoms with Gasteiger partial charge in [0.1, 0.15) is 18.2 Å². The highest BCUT2D eigenvalue weighted by atomic mass is 19.1. The topological polar surface area (TPSA) is 71.8 Å². The van der Waals surface area contributed by atoms with Gasteiger partial charge < -0.3 is 23.5 Å². The normalized spacial score (nSPS) is 19.0. The Hall–Kier alpha value is -3.07. The van der Waals surface area contributed by atoms with Gasteiger partial charge in [0.15, 0.2) is 11.5 Å². The van der Waals surface area contributed by atoms with Gasteiger partial charge in [-0.15, -0.1) is 0 Å². The maximum atomic E-state index is 13.8. The number of halogens is 1. The Morgan fingerprint density at radius 2 is 1.73 bits per heavy atom. The molecule has 1 aromatic heterocycles. The van der Waals surface area contributed by atoms with Crippen LogP contribution in [0, 0.1) is 5.82 Å². The van der Waals surface area contributed by atoms with Crippen molar-refractivity contribution in [3.63, 3.8) is 0 Å². The van der Waals surface area contributed by atoms with Crippen LogP contribution in [0.3, 0.4) is 0 Å². The van der Waals surface area contributed by atoms with E-state index in [1.165, 1.54) is 12.1 Å². The zero-order chi connectivity index (χ0) is 29.8. The lowest BCUT2D eigenvalue weighted by Gasteiger charge is -2.41. The Kier molecular flexibility index (Phi) is 9.67. The van der Waals surface area contributed by atoms with Gasteiger partial charge in [-0.3, -0.25) is 0 Å². The summed E-state index contributed by atoms with van der Waals surface area (Å²) in [6.45, 7) is 15.2. The van der Waals surface area contributed by atoms with Gasteiger partial charge in [0.25, 0.3) is 0 Å². The molecule has 1 aliphatic rings. The van der Waals surface area contributed by atoms with E-state index in [-0.39, 0.29) is 41.8 Å². The summed E-state index contributed by atoms with van der Waals surface area (Å²) in [6, 6.07) is 15.7. The van der Waals surface area contributed by atoms with E-state index in [9.17, 15) is 9.18 Å². The van der Waals surface area contributed by atoms with E-state index in [2.05, 4.69) is 4.57 Å². The third-order valence-electron chi connectivity index (χ3n) is 6.87. The molecule has 0 amide bonds. The van der Waals surface area contributed by atoms with Crippen LogP contribution < -0.4 is 0 Å². The van der Waals surface area contributed by atoms with Crippen molar-refractivity contribution >= 4 is 5.97 Å². The van der Waals surface area contributed by atoms with E-state index < -0.39 is 11.8 Å². The first-order valence-corrected chi connectivity index (χ1v) is 14.4. The minimum atomic E-state index is -0.753. The predicted molar refractivity (Wildman–Crippen MR) is 156 cm³/mol. The minimum Gasteiger partial charge on any atom is -0.456 e. The first-order valence-electron chi connectivity index (χ1n) is 14.4. The molecule has 222 valence electrons. The summed E-state index contributed by atoms with van der Waals surface area (Å²) in [5.41, 5.74) is 2.41. The summed E-state index contributed by atoms with van der Waals surface area (Å²) in [7, 11) is 0. The lowest BCUT2D eigenvalue weighted by Crippen LogP contribution is -2.47. The first kappa shape index (κ1) is 30.9. The zero-order valence-electron chi connectivity index (χ0n) is 25.3. The lowest BCUT2D eigenvalue weighted by molar-refractivity contribution is -0.309. The molecule has 0 aliphatic carbocycles. The van der Waals surface area contributed by atoms with Crippen LogP contribution in [0.2, 0.25) is 0 Å². The second-order valence-electron chi connectivity index (χ2n) is 12.4. The van der Waals surface area contributed by atoms with Crippen LogP contribution >= 0.6 is 0 Å². The van der Waals surface area contributed by atoms with Gasteiger partial charge in [-0.2, -0.15) is 0 Å². The van der Waals surface area contributed by atoms with Gasteiger partial charge >= 0.3 is 5.97 Å². The molecule has 3 aromatic rings. The summed E-state index contributed by atoms with van der Waals surface area (Å²) >= 11 is 0. The van der Waals surface area contributed by atoms with Crippen LogP contribution in [0.5, 0.6) is 0 Å². The Morgan fingerprint density at radius 1 is 1.07 bits per heavy atom. The van der Waals surface area contributed by atoms with Gasteiger partial charge in [0.05, 0.1) is 30.1 Å². The SMILES string of the molecule is CC(C)c1c(C(=O)OCc2ccccc2)nc(-c2ccc(F)cc2)n1CCC1CC(COC(C)(C)C)OC(C)(C)O1. The second kappa shape index (κ2) is 12.8. The molecule has 0 N–H and O–H groups in total. The second-order valence-corrected chi connectivity index (χ2v) is 12.4. The zero-order valence-corrected chi connectivity index (χ0v) is 25.3. The molecule has 2 atom stereocenters. The van der Waals surface area contributed by atoms with E-state index in [1.807, 2.05) is 78.8 Å². The molecule has 4 rings (SSSR count). The van der Waals surface area contributed by atoms with Crippen molar-refractivity contribution in [1.29, 1.82) is 0 Å². The quantitative estimate of drug-likeness (QED) is 0.240. The fourth-order valence-corrected chi connectivity index (χ4v) is 5.15. The van der Waals surface area contributed by atoms with E-state index in [0.717, 1.165) is 16.8 Å². The smallest absolute Gasteiger partial charge is 0.359 e. The first-order chi connectivity index (χ1) is 19.3. The number of aromatic nitrogens is 2. The van der Waals surface area contributed by atoms with Crippen LogP contribution in [-0.2, 0) is 32.1 Å². The summed E-state index contributed by atoms with van der Waals surface area (Å²) < 4.78 is 40.0. The van der Waals surface area contributed by atoms with Crippen molar-refractivity contribution in [1.82, 2.24) is 9.55 Å². The van der Waals surface area contributed by atoms with Crippen molar-refractivity contribution in [2.45, 2.75) is 104 Å². The highest BCUT2D eigenvalue weighted by Gasteiger charge is 2.36. The molecule has 1 aliphatic heterocycles. The standard InChI is InChI=1S/C33H43FN2O5/c1-22(2)29-28(31(37)38-20-23-11-9-8-10-12-23)35-30(24-13-15-25(34)16-14-24)36(29)18-17-26-19-27(21-39-32(3,4)5)41-33(6,7)40-26/h8-16,22,26-27H,17-21H2,1-7H3. The monoisotopic (exact) mass is 566 g/mol. The Balaban J connectivity index is 1.61. The van der Waals surface area contributed by atoms with Gasteiger partial charge in [-0.1, -0.05) is 44.2 Å². The summed E-state index contributed by atoms with van der Waals surface area (Å²) in [5.74, 6) is -0.992. The number of hydrogen-bond acceptors (Lipinski definition) is 6. The number of carbonyl (C=O) groups excluding carboxylic acids is 1. The maximum Gasteiger partial charge on any atom is 0.359 e. The number of imidazole rings is 1. The molecule has 7 nitrogen and oxygen atoms in total. The van der Waals surface area contributed by atoms with Crippen molar-refractivity contribution in [3.05, 3.63) is 77.4 Å². The van der Waals surface area contributed by atoms with Crippen LogP contribution in [0.25, 0.3) is 11.4 Å². The third kappa shape index (κ3) is 8.47. The van der Waals surface area contributed by atoms with Crippen LogP contribution in [0.1, 0.15) is 89.0 Å². The molecule has 2 aromatic carbocycles. The number of nitrogens with zero attached hydrogens (tertiary/aromatic N) is 2. The van der Waals surface area contributed by atoms with Crippen molar-refractivity contribution < 1.29 is 28.1 Å². The van der Waals surface area contributed by atoms with E-state index in [0.29, 0.717) is 31.8 Å². The highest BCUT2D eigenvalue weighted by Crippen LogP contribution is 2.33. The molecule has 0 saturated carbocycles. The largest absolute Gasteiger partial charge is 0.456 e. The fraction of sp³-hybridized carbons (Fsp3) is 0.515. The molecule has 2 unspecified atom stereocenters. The Morgan fingerprint density at radius 3 is 2.37 bits per heavy atom. The molecular weight excluding hydrogens is 523 g/mol. The van der Waals surface area contributed by atoms with E-state index in [4.69, 9.17) is 23.9 Å². The highest BCUT2D eigenvalue weighted by molar-refractivity contribution is 5.90. The number of benzene rings is 2. The molecule has 8 heteroatoms. The predicted octanol–water partition coefficient (Wildman–Crippen LogP) is 7.29. The van der Waals surface area contributed by atoms with Crippen molar-refractivity contribution in [2.75, 3.05) is 6.61 Å². The number of carbonyl (C=O) groups is 1. The van der Waals surface area contributed by atoms with Crippen molar-refractivity contribution in [3.8, 4) is 11.4 Å². The van der Waals surface area contributed by atoms with Gasteiger partial charge in [-0.05, 0) is 76.8 Å². The molecule has 0 radical (unpaired) electrons. The number of ether oxygens (including phenoxy) is 4. The van der Waals surface area contributed by atoms with Crippen LogP contribution in [0.4, 0.5) is 4.39 Å². The maximum absolute atomic E-state index is 13.8. The van der Waals surface area contributed by atoms with E-state index >= 15 is 0 Å². The molecule has 0 bridgehead atoms. The van der Waals surface area contributed by atoms with Gasteiger partial charge in [0, 0.05) is 18.5 Å². The Bertz CT molecular complexity index is 1300. The summed E-state index contributed by atoms with van der Waals surface area (Å²) in [6.07, 6.45) is 1.16. The number of rotatable bonds is 10. The molecule has 1 fully saturated rings. The third-order valence-corrected chi connectivity index (χ3v) is 6.87. The molecule has 0 spiro atoms. The molecular formula is C33H43FN2O5. The average Bonchev–Trinajstić information content (AvgIpc) is 3.29.